The van der Waals surface area contributed by atoms with Crippen molar-refractivity contribution in [3.63, 3.8) is 0 Å². The number of pyridine rings is 1. The van der Waals surface area contributed by atoms with Gasteiger partial charge in [-0.2, -0.15) is 18.4 Å². The van der Waals surface area contributed by atoms with Gasteiger partial charge in [0.05, 0.1) is 35.0 Å². The number of nitrogens with zero attached hydrogens (tertiary/aromatic N) is 3. The number of H-pyrrole nitrogens is 1. The second kappa shape index (κ2) is 10.5. The van der Waals surface area contributed by atoms with Gasteiger partial charge in [-0.1, -0.05) is 0 Å². The first-order chi connectivity index (χ1) is 17.2. The summed E-state index contributed by atoms with van der Waals surface area (Å²) >= 11 is 0. The third kappa shape index (κ3) is 7.03. The van der Waals surface area contributed by atoms with E-state index in [2.05, 4.69) is 21.4 Å². The predicted octanol–water partition coefficient (Wildman–Crippen LogP) is 4.53. The maximum atomic E-state index is 12.8. The monoisotopic (exact) mass is 518 g/mol. The van der Waals surface area contributed by atoms with Crippen molar-refractivity contribution in [3.8, 4) is 6.07 Å². The quantitative estimate of drug-likeness (QED) is 0.393. The topological polar surface area (TPSA) is 137 Å². The minimum Gasteiger partial charge on any atom is -0.444 e. The summed E-state index contributed by atoms with van der Waals surface area (Å²) in [5.74, 6) is -0.206. The lowest BCUT2D eigenvalue weighted by Gasteiger charge is -2.42. The number of ether oxygens (including phenoxy) is 1. The van der Waals surface area contributed by atoms with Crippen molar-refractivity contribution < 1.29 is 22.7 Å². The van der Waals surface area contributed by atoms with Crippen LogP contribution in [0.5, 0.6) is 0 Å². The summed E-state index contributed by atoms with van der Waals surface area (Å²) in [5.41, 5.74) is 3.79. The Morgan fingerprint density at radius 3 is 2.38 bits per heavy atom. The van der Waals surface area contributed by atoms with Crippen LogP contribution in [0.3, 0.4) is 0 Å². The van der Waals surface area contributed by atoms with Crippen molar-refractivity contribution in [2.45, 2.75) is 57.3 Å². The van der Waals surface area contributed by atoms with E-state index in [9.17, 15) is 28.0 Å². The summed E-state index contributed by atoms with van der Waals surface area (Å²) in [7, 11) is 0. The Hall–Kier alpha value is -4.01. The fourth-order valence-corrected chi connectivity index (χ4v) is 3.98. The molecule has 4 N–H and O–H groups in total. The molecule has 0 radical (unpaired) electrons. The van der Waals surface area contributed by atoms with Crippen molar-refractivity contribution in [1.82, 2.24) is 9.88 Å². The number of hydrogen-bond acceptors (Lipinski definition) is 6. The molecule has 12 heteroatoms. The molecule has 1 saturated heterocycles. The first-order valence-corrected chi connectivity index (χ1v) is 11.6. The smallest absolute Gasteiger partial charge is 0.416 e. The van der Waals surface area contributed by atoms with Crippen molar-refractivity contribution in [3.05, 3.63) is 58.0 Å². The number of aromatic amines is 1. The molecule has 0 saturated carbocycles. The summed E-state index contributed by atoms with van der Waals surface area (Å²) in [6.45, 7) is 6.00. The number of aromatic nitrogens is 1. The van der Waals surface area contributed by atoms with E-state index in [0.717, 1.165) is 24.3 Å². The number of amides is 1. The molecule has 1 aliphatic rings. The van der Waals surface area contributed by atoms with E-state index in [1.165, 1.54) is 6.20 Å². The van der Waals surface area contributed by atoms with Crippen LogP contribution in [-0.4, -0.2) is 46.0 Å². The molecule has 198 valence electrons. The molecule has 2 aromatic rings. The number of alkyl halides is 3. The van der Waals surface area contributed by atoms with E-state index < -0.39 is 34.5 Å². The number of nitriles is 1. The van der Waals surface area contributed by atoms with Crippen LogP contribution in [0.4, 0.5) is 29.3 Å². The van der Waals surface area contributed by atoms with Crippen molar-refractivity contribution >= 4 is 23.3 Å². The van der Waals surface area contributed by atoms with E-state index in [-0.39, 0.29) is 23.5 Å². The van der Waals surface area contributed by atoms with Crippen LogP contribution in [0.1, 0.15) is 51.2 Å². The summed E-state index contributed by atoms with van der Waals surface area (Å²) in [6.07, 6.45) is -2.62. The van der Waals surface area contributed by atoms with Gasteiger partial charge < -0.3 is 25.7 Å². The lowest BCUT2D eigenvalue weighted by Crippen LogP contribution is -2.52. The Balaban J connectivity index is 1.86. The second-order valence-electron chi connectivity index (χ2n) is 9.84. The van der Waals surface area contributed by atoms with E-state index in [1.807, 2.05) is 0 Å². The lowest BCUT2D eigenvalue weighted by atomic mass is 9.84. The minimum atomic E-state index is -4.49. The molecule has 3 rings (SSSR count). The van der Waals surface area contributed by atoms with Gasteiger partial charge in [-0.05, 0) is 63.9 Å². The van der Waals surface area contributed by atoms with E-state index in [1.54, 1.807) is 31.7 Å². The van der Waals surface area contributed by atoms with E-state index >= 15 is 0 Å². The van der Waals surface area contributed by atoms with Crippen LogP contribution in [0.2, 0.25) is 0 Å². The first kappa shape index (κ1) is 27.6. The third-order valence-corrected chi connectivity index (χ3v) is 5.85. The number of aliphatic imine (C=N–C) groups is 1. The SMILES string of the molecule is CC(C)(C)OC(=O)N1CCC(CC#N)(Nc2cc[nH]c(=O)c2C(N)=Nc2ccc(C(F)(F)F)cc2)CC1. The highest BCUT2D eigenvalue weighted by molar-refractivity contribution is 6.03. The number of likely N-dealkylation sites (tertiary alicyclic amines) is 1. The number of nitrogens with one attached hydrogen (secondary N) is 2. The molecule has 0 aliphatic carbocycles. The number of anilines is 1. The molecule has 0 spiro atoms. The summed E-state index contributed by atoms with van der Waals surface area (Å²) < 4.78 is 44.0. The maximum absolute atomic E-state index is 12.8. The molecule has 1 amide bonds. The van der Waals surface area contributed by atoms with Crippen LogP contribution in [0.15, 0.2) is 46.3 Å². The molecule has 0 atom stereocenters. The lowest BCUT2D eigenvalue weighted by molar-refractivity contribution is -0.137. The molecule has 9 nitrogen and oxygen atoms in total. The molecular weight excluding hydrogens is 489 g/mol. The van der Waals surface area contributed by atoms with Crippen LogP contribution in [-0.2, 0) is 10.9 Å². The number of carbonyl (C=O) groups excluding carboxylic acids is 1. The molecule has 0 unspecified atom stereocenters. The predicted molar refractivity (Wildman–Crippen MR) is 133 cm³/mol. The van der Waals surface area contributed by atoms with Gasteiger partial charge in [0.2, 0.25) is 0 Å². The molecule has 1 aromatic heterocycles. The number of piperidine rings is 1. The van der Waals surface area contributed by atoms with Crippen molar-refractivity contribution in [2.24, 2.45) is 10.7 Å². The molecule has 2 heterocycles. The average molecular weight is 519 g/mol. The Labute approximate surface area is 212 Å². The maximum Gasteiger partial charge on any atom is 0.416 e. The summed E-state index contributed by atoms with van der Waals surface area (Å²) in [6, 6.07) is 7.80. The number of benzene rings is 1. The number of carbonyl (C=O) groups is 1. The molecular formula is C25H29F3N6O3. The van der Waals surface area contributed by atoms with Gasteiger partial charge in [0.25, 0.3) is 5.56 Å². The number of halogens is 3. The highest BCUT2D eigenvalue weighted by atomic mass is 19.4. The Morgan fingerprint density at radius 1 is 1.22 bits per heavy atom. The van der Waals surface area contributed by atoms with Gasteiger partial charge in [-0.15, -0.1) is 0 Å². The fraction of sp³-hybridized carbons (Fsp3) is 0.440. The Bertz CT molecular complexity index is 1250. The van der Waals surface area contributed by atoms with Crippen LogP contribution in [0, 0.1) is 11.3 Å². The Morgan fingerprint density at radius 2 is 1.84 bits per heavy atom. The molecule has 1 aliphatic heterocycles. The normalized spacial score (nSPS) is 16.1. The van der Waals surface area contributed by atoms with Crippen LogP contribution in [0.25, 0.3) is 0 Å². The van der Waals surface area contributed by atoms with Gasteiger partial charge in [0.15, 0.2) is 0 Å². The molecule has 1 aromatic carbocycles. The number of nitrogens with two attached hydrogens (primary N) is 1. The zero-order chi connectivity index (χ0) is 27.4. The van der Waals surface area contributed by atoms with Crippen molar-refractivity contribution in [2.75, 3.05) is 18.4 Å². The standard InChI is InChI=1S/C25H29F3N6O3/c1-23(2,3)37-22(36)34-14-10-24(9-12-29,11-15-34)33-18-8-13-31-21(35)19(18)20(30)32-17-6-4-16(5-7-17)25(26,27)28/h4-8,13H,9-11,14-15H2,1-3H3,(H2,30,32)(H2,31,33,35). The van der Waals surface area contributed by atoms with Gasteiger partial charge >= 0.3 is 12.3 Å². The van der Waals surface area contributed by atoms with Gasteiger partial charge in [-0.25, -0.2) is 9.79 Å². The van der Waals surface area contributed by atoms with Crippen molar-refractivity contribution in [1.29, 1.82) is 5.26 Å². The average Bonchev–Trinajstić information content (AvgIpc) is 2.78. The number of hydrogen-bond donors (Lipinski definition) is 3. The third-order valence-electron chi connectivity index (χ3n) is 5.85. The largest absolute Gasteiger partial charge is 0.444 e. The zero-order valence-electron chi connectivity index (χ0n) is 20.8. The summed E-state index contributed by atoms with van der Waals surface area (Å²) in [4.78, 5) is 33.4. The molecule has 1 fully saturated rings. The van der Waals surface area contributed by atoms with Gasteiger partial charge in [0, 0.05) is 19.3 Å². The minimum absolute atomic E-state index is 0.00529. The number of amidine groups is 1. The fourth-order valence-electron chi connectivity index (χ4n) is 3.98. The highest BCUT2D eigenvalue weighted by Crippen LogP contribution is 2.32. The first-order valence-electron chi connectivity index (χ1n) is 11.6. The zero-order valence-corrected chi connectivity index (χ0v) is 20.8. The van der Waals surface area contributed by atoms with E-state index in [4.69, 9.17) is 10.5 Å². The number of rotatable bonds is 5. The second-order valence-corrected chi connectivity index (χ2v) is 9.84. The highest BCUT2D eigenvalue weighted by Gasteiger charge is 2.38. The Kier molecular flexibility index (Phi) is 7.86. The van der Waals surface area contributed by atoms with Gasteiger partial charge in [0.1, 0.15) is 17.0 Å². The van der Waals surface area contributed by atoms with Crippen LogP contribution >= 0.6 is 0 Å². The van der Waals surface area contributed by atoms with Gasteiger partial charge in [-0.3, -0.25) is 4.79 Å². The molecule has 0 bridgehead atoms. The molecule has 37 heavy (non-hydrogen) atoms. The summed E-state index contributed by atoms with van der Waals surface area (Å²) in [5, 5.41) is 12.8. The van der Waals surface area contributed by atoms with E-state index in [0.29, 0.717) is 31.6 Å². The van der Waals surface area contributed by atoms with Crippen LogP contribution < -0.4 is 16.6 Å².